The van der Waals surface area contributed by atoms with Gasteiger partial charge in [0.05, 0.1) is 19.3 Å². The van der Waals surface area contributed by atoms with E-state index in [1.807, 2.05) is 0 Å². The van der Waals surface area contributed by atoms with E-state index in [0.29, 0.717) is 19.8 Å². The predicted octanol–water partition coefficient (Wildman–Crippen LogP) is 1.95. The Morgan fingerprint density at radius 3 is 2.82 bits per heavy atom. The van der Waals surface area contributed by atoms with E-state index >= 15 is 0 Å². The number of aliphatic hydroxyl groups excluding tert-OH is 1. The van der Waals surface area contributed by atoms with Crippen LogP contribution in [0.25, 0.3) is 10.8 Å². The minimum absolute atomic E-state index is 0.0687. The number of benzene rings is 2. The number of aliphatic hydroxyl groups is 1. The highest BCUT2D eigenvalue weighted by molar-refractivity contribution is 5.82. The van der Waals surface area contributed by atoms with Gasteiger partial charge in [-0.25, -0.2) is 0 Å². The molecule has 118 valence electrons. The molecule has 1 aliphatic rings. The molecule has 3 atom stereocenters. The summed E-state index contributed by atoms with van der Waals surface area (Å²) in [5.41, 5.74) is 1.24. The van der Waals surface area contributed by atoms with Gasteiger partial charge in [0.2, 0.25) is 0 Å². The largest absolute Gasteiger partial charge is 0.390 e. The van der Waals surface area contributed by atoms with Crippen molar-refractivity contribution in [2.24, 2.45) is 5.92 Å². The zero-order chi connectivity index (χ0) is 15.4. The summed E-state index contributed by atoms with van der Waals surface area (Å²) in [4.78, 5) is 0. The summed E-state index contributed by atoms with van der Waals surface area (Å²) >= 11 is 0. The summed E-state index contributed by atoms with van der Waals surface area (Å²) in [6.07, 6.45) is -0.691. The lowest BCUT2D eigenvalue weighted by Crippen LogP contribution is -2.48. The van der Waals surface area contributed by atoms with Crippen LogP contribution in [-0.2, 0) is 16.0 Å². The van der Waals surface area contributed by atoms with Crippen molar-refractivity contribution in [1.29, 1.82) is 0 Å². The molecule has 1 fully saturated rings. The lowest BCUT2D eigenvalue weighted by atomic mass is 9.96. The fraction of sp³-hybridized carbons (Fsp3) is 0.444. The van der Waals surface area contributed by atoms with Crippen LogP contribution >= 0.6 is 0 Å². The summed E-state index contributed by atoms with van der Waals surface area (Å²) in [7, 11) is 1.61. The molecule has 0 amide bonds. The van der Waals surface area contributed by atoms with E-state index in [1.165, 1.54) is 16.3 Å². The molecule has 2 aromatic rings. The maximum Gasteiger partial charge on any atom is 0.107 e. The third kappa shape index (κ3) is 3.47. The quantitative estimate of drug-likeness (QED) is 0.886. The van der Waals surface area contributed by atoms with Crippen LogP contribution in [0.3, 0.4) is 0 Å². The monoisotopic (exact) mass is 301 g/mol. The molecule has 0 aliphatic carbocycles. The molecule has 0 saturated carbocycles. The normalized spacial score (nSPS) is 25.5. The van der Waals surface area contributed by atoms with Crippen LogP contribution in [0.2, 0.25) is 0 Å². The number of hydrogen-bond acceptors (Lipinski definition) is 4. The SMILES string of the molecule is CO[C@@H]1COC[C@@H](CNCc2ccc3ccccc3c2)[C@@H]1O. The molecular weight excluding hydrogens is 278 g/mol. The third-order valence-electron chi connectivity index (χ3n) is 4.33. The second-order valence-corrected chi connectivity index (χ2v) is 5.87. The van der Waals surface area contributed by atoms with Gasteiger partial charge in [-0.1, -0.05) is 36.4 Å². The van der Waals surface area contributed by atoms with Crippen molar-refractivity contribution in [3.63, 3.8) is 0 Å². The van der Waals surface area contributed by atoms with Crippen molar-refractivity contribution in [2.75, 3.05) is 26.9 Å². The molecule has 4 heteroatoms. The van der Waals surface area contributed by atoms with E-state index in [2.05, 4.69) is 47.8 Å². The molecule has 0 aromatic heterocycles. The average Bonchev–Trinajstić information content (AvgIpc) is 2.56. The van der Waals surface area contributed by atoms with Crippen molar-refractivity contribution in [3.8, 4) is 0 Å². The maximum atomic E-state index is 10.2. The maximum absolute atomic E-state index is 10.2. The van der Waals surface area contributed by atoms with Gasteiger partial charge >= 0.3 is 0 Å². The predicted molar refractivity (Wildman–Crippen MR) is 86.8 cm³/mol. The highest BCUT2D eigenvalue weighted by Crippen LogP contribution is 2.18. The molecule has 1 aliphatic heterocycles. The fourth-order valence-corrected chi connectivity index (χ4v) is 2.97. The second kappa shape index (κ2) is 7.20. The van der Waals surface area contributed by atoms with Gasteiger partial charge in [-0.05, 0) is 22.4 Å². The van der Waals surface area contributed by atoms with Gasteiger partial charge in [-0.15, -0.1) is 0 Å². The Labute approximate surface area is 131 Å². The number of nitrogens with one attached hydrogen (secondary N) is 1. The Hall–Kier alpha value is -1.46. The molecule has 2 aromatic carbocycles. The number of fused-ring (bicyclic) bond motifs is 1. The first kappa shape index (κ1) is 15.4. The van der Waals surface area contributed by atoms with E-state index < -0.39 is 6.10 Å². The molecule has 1 heterocycles. The first-order valence-electron chi connectivity index (χ1n) is 7.75. The Bertz CT molecular complexity index is 616. The van der Waals surface area contributed by atoms with Gasteiger partial charge < -0.3 is 19.9 Å². The van der Waals surface area contributed by atoms with Crippen molar-refractivity contribution in [2.45, 2.75) is 18.8 Å². The lowest BCUT2D eigenvalue weighted by molar-refractivity contribution is -0.133. The molecule has 2 N–H and O–H groups in total. The second-order valence-electron chi connectivity index (χ2n) is 5.87. The fourth-order valence-electron chi connectivity index (χ4n) is 2.97. The van der Waals surface area contributed by atoms with Crippen LogP contribution < -0.4 is 5.32 Å². The molecule has 3 rings (SSSR count). The third-order valence-corrected chi connectivity index (χ3v) is 4.33. The molecule has 0 spiro atoms. The van der Waals surface area contributed by atoms with Crippen LogP contribution in [0.1, 0.15) is 5.56 Å². The van der Waals surface area contributed by atoms with E-state index in [-0.39, 0.29) is 12.0 Å². The van der Waals surface area contributed by atoms with E-state index in [0.717, 1.165) is 6.54 Å². The van der Waals surface area contributed by atoms with E-state index in [9.17, 15) is 5.11 Å². The molecule has 0 unspecified atom stereocenters. The summed E-state index contributed by atoms with van der Waals surface area (Å²) in [6.45, 7) is 2.55. The first-order valence-corrected chi connectivity index (χ1v) is 7.75. The standard InChI is InChI=1S/C18H23NO3/c1-21-17-12-22-11-16(18(17)20)10-19-9-13-6-7-14-4-2-3-5-15(14)8-13/h2-8,16-20H,9-12H2,1H3/t16-,17-,18+/m1/s1. The van der Waals surface area contributed by atoms with Gasteiger partial charge in [0.1, 0.15) is 6.10 Å². The minimum atomic E-state index is -0.470. The molecule has 22 heavy (non-hydrogen) atoms. The van der Waals surface area contributed by atoms with Crippen LogP contribution in [0.5, 0.6) is 0 Å². The van der Waals surface area contributed by atoms with E-state index in [1.54, 1.807) is 7.11 Å². The Balaban J connectivity index is 1.55. The number of hydrogen-bond donors (Lipinski definition) is 2. The van der Waals surface area contributed by atoms with Crippen LogP contribution in [0.15, 0.2) is 42.5 Å². The van der Waals surface area contributed by atoms with Gasteiger partial charge in [0, 0.05) is 26.1 Å². The molecule has 1 saturated heterocycles. The zero-order valence-corrected chi connectivity index (χ0v) is 12.9. The highest BCUT2D eigenvalue weighted by atomic mass is 16.5. The van der Waals surface area contributed by atoms with Crippen molar-refractivity contribution >= 4 is 10.8 Å². The van der Waals surface area contributed by atoms with Crippen LogP contribution in [0.4, 0.5) is 0 Å². The van der Waals surface area contributed by atoms with Crippen molar-refractivity contribution in [3.05, 3.63) is 48.0 Å². The molecular formula is C18H23NO3. The summed E-state index contributed by atoms with van der Waals surface area (Å²) < 4.78 is 10.7. The number of methoxy groups -OCH3 is 1. The zero-order valence-electron chi connectivity index (χ0n) is 12.9. The summed E-state index contributed by atoms with van der Waals surface area (Å²) in [5.74, 6) is 0.0687. The minimum Gasteiger partial charge on any atom is -0.390 e. The first-order chi connectivity index (χ1) is 10.8. The number of rotatable bonds is 5. The average molecular weight is 301 g/mol. The van der Waals surface area contributed by atoms with E-state index in [4.69, 9.17) is 9.47 Å². The smallest absolute Gasteiger partial charge is 0.107 e. The van der Waals surface area contributed by atoms with Gasteiger partial charge in [0.15, 0.2) is 0 Å². The Kier molecular flexibility index (Phi) is 5.05. The number of ether oxygens (including phenoxy) is 2. The van der Waals surface area contributed by atoms with Gasteiger partial charge in [0.25, 0.3) is 0 Å². The molecule has 0 bridgehead atoms. The Morgan fingerprint density at radius 2 is 2.00 bits per heavy atom. The van der Waals surface area contributed by atoms with Crippen LogP contribution in [0, 0.1) is 5.92 Å². The molecule has 0 radical (unpaired) electrons. The topological polar surface area (TPSA) is 50.7 Å². The van der Waals surface area contributed by atoms with Crippen molar-refractivity contribution < 1.29 is 14.6 Å². The summed E-state index contributed by atoms with van der Waals surface area (Å²) in [5, 5.41) is 16.1. The highest BCUT2D eigenvalue weighted by Gasteiger charge is 2.32. The summed E-state index contributed by atoms with van der Waals surface area (Å²) in [6, 6.07) is 14.8. The van der Waals surface area contributed by atoms with Crippen LogP contribution in [-0.4, -0.2) is 44.2 Å². The van der Waals surface area contributed by atoms with Gasteiger partial charge in [-0.2, -0.15) is 0 Å². The molecule has 4 nitrogen and oxygen atoms in total. The van der Waals surface area contributed by atoms with Gasteiger partial charge in [-0.3, -0.25) is 0 Å². The Morgan fingerprint density at radius 1 is 1.18 bits per heavy atom. The van der Waals surface area contributed by atoms with Crippen molar-refractivity contribution in [1.82, 2.24) is 5.32 Å². The lowest BCUT2D eigenvalue weighted by Gasteiger charge is -2.33.